The molecule has 0 atom stereocenters. The number of hydrogen-bond donors (Lipinski definition) is 1. The van der Waals surface area contributed by atoms with Crippen LogP contribution in [0, 0.1) is 12.3 Å². The average Bonchev–Trinajstić information content (AvgIpc) is 3.05. The maximum Gasteiger partial charge on any atom is 0.184 e. The highest BCUT2D eigenvalue weighted by molar-refractivity contribution is 7.93. The van der Waals surface area contributed by atoms with Crippen LogP contribution < -0.4 is 0 Å². The monoisotopic (exact) mass is 252 g/mol. The van der Waals surface area contributed by atoms with Gasteiger partial charge in [-0.2, -0.15) is 0 Å². The highest BCUT2D eigenvalue weighted by Gasteiger charge is 2.88. The molecule has 2 aliphatic carbocycles. The lowest BCUT2D eigenvalue weighted by Gasteiger charge is -2.06. The third-order valence-corrected chi connectivity index (χ3v) is 7.04. The fourth-order valence-electron chi connectivity index (χ4n) is 2.99. The first-order valence-corrected chi connectivity index (χ1v) is 7.38. The molecule has 2 aliphatic rings. The molecular formula is C13H16O3S. The van der Waals surface area contributed by atoms with E-state index in [0.717, 1.165) is 18.4 Å². The van der Waals surface area contributed by atoms with Crippen molar-refractivity contribution in [3.63, 3.8) is 0 Å². The molecule has 0 amide bonds. The zero-order valence-corrected chi connectivity index (χ0v) is 10.6. The number of benzene rings is 1. The number of aliphatic hydroxyl groups is 1. The SMILES string of the molecule is Cc1ccc(S(=O)(=O)C23CC2(CCO)C3)cc1. The van der Waals surface area contributed by atoms with Crippen molar-refractivity contribution in [1.82, 2.24) is 0 Å². The molecule has 0 aliphatic heterocycles. The summed E-state index contributed by atoms with van der Waals surface area (Å²) in [5.41, 5.74) is 0.973. The van der Waals surface area contributed by atoms with Crippen LogP contribution in [0.5, 0.6) is 0 Å². The number of hydrogen-bond acceptors (Lipinski definition) is 3. The third kappa shape index (κ3) is 1.28. The van der Waals surface area contributed by atoms with Crippen LogP contribution in [0.25, 0.3) is 0 Å². The number of sulfone groups is 1. The first-order valence-electron chi connectivity index (χ1n) is 5.90. The van der Waals surface area contributed by atoms with Crippen LogP contribution in [-0.2, 0) is 9.84 Å². The Balaban J connectivity index is 1.92. The van der Waals surface area contributed by atoms with Crippen molar-refractivity contribution in [3.8, 4) is 0 Å². The Kier molecular flexibility index (Phi) is 2.06. The van der Waals surface area contributed by atoms with Crippen LogP contribution in [0.15, 0.2) is 29.2 Å². The fraction of sp³-hybridized carbons (Fsp3) is 0.538. The normalized spacial score (nSPS) is 34.2. The molecule has 2 fully saturated rings. The van der Waals surface area contributed by atoms with E-state index >= 15 is 0 Å². The highest BCUT2D eigenvalue weighted by atomic mass is 32.2. The maximum atomic E-state index is 12.5. The summed E-state index contributed by atoms with van der Waals surface area (Å²) in [7, 11) is -3.20. The Bertz CT molecular complexity index is 551. The summed E-state index contributed by atoms with van der Waals surface area (Å²) in [6, 6.07) is 7.06. The molecule has 1 aromatic carbocycles. The number of aliphatic hydroxyl groups excluding tert-OH is 1. The quantitative estimate of drug-likeness (QED) is 0.887. The second-order valence-corrected chi connectivity index (χ2v) is 7.68. The van der Waals surface area contributed by atoms with Gasteiger partial charge in [0.15, 0.2) is 9.84 Å². The number of rotatable bonds is 4. The minimum absolute atomic E-state index is 0.0885. The molecule has 0 aromatic heterocycles. The molecule has 0 radical (unpaired) electrons. The molecule has 2 saturated carbocycles. The molecule has 0 unspecified atom stereocenters. The first kappa shape index (κ1) is 11.2. The van der Waals surface area contributed by atoms with Crippen LogP contribution in [-0.4, -0.2) is 24.9 Å². The van der Waals surface area contributed by atoms with Gasteiger partial charge < -0.3 is 5.11 Å². The molecule has 3 rings (SSSR count). The molecule has 17 heavy (non-hydrogen) atoms. The Morgan fingerprint density at radius 2 is 1.82 bits per heavy atom. The Morgan fingerprint density at radius 1 is 1.24 bits per heavy atom. The van der Waals surface area contributed by atoms with Gasteiger partial charge >= 0.3 is 0 Å². The van der Waals surface area contributed by atoms with E-state index in [1.165, 1.54) is 0 Å². The molecule has 4 heteroatoms. The van der Waals surface area contributed by atoms with E-state index in [9.17, 15) is 8.42 Å². The second kappa shape index (κ2) is 3.12. The van der Waals surface area contributed by atoms with Crippen molar-refractivity contribution >= 4 is 9.84 Å². The summed E-state index contributed by atoms with van der Waals surface area (Å²) >= 11 is 0. The van der Waals surface area contributed by atoms with Crippen molar-refractivity contribution in [1.29, 1.82) is 0 Å². The minimum atomic E-state index is -3.20. The number of aryl methyl sites for hydroxylation is 1. The van der Waals surface area contributed by atoms with Crippen molar-refractivity contribution in [2.75, 3.05) is 6.61 Å². The molecule has 1 aromatic rings. The molecule has 3 nitrogen and oxygen atoms in total. The lowest BCUT2D eigenvalue weighted by molar-refractivity contribution is 0.267. The maximum absolute atomic E-state index is 12.5. The second-order valence-electron chi connectivity index (χ2n) is 5.42. The van der Waals surface area contributed by atoms with Crippen molar-refractivity contribution in [2.24, 2.45) is 5.41 Å². The van der Waals surface area contributed by atoms with Crippen molar-refractivity contribution in [2.45, 2.75) is 35.8 Å². The van der Waals surface area contributed by atoms with E-state index in [-0.39, 0.29) is 12.0 Å². The summed E-state index contributed by atoms with van der Waals surface area (Å²) < 4.78 is 24.4. The van der Waals surface area contributed by atoms with E-state index in [1.807, 2.05) is 19.1 Å². The van der Waals surface area contributed by atoms with Gasteiger partial charge in [-0.1, -0.05) is 17.7 Å². The Hall–Kier alpha value is -0.870. The standard InChI is InChI=1S/C13H16O3S/c1-10-2-4-11(5-3-10)17(15,16)13-8-12(13,9-13)6-7-14/h2-5,14H,6-9H2,1H3. The first-order chi connectivity index (χ1) is 7.97. The fourth-order valence-corrected chi connectivity index (χ4v) is 5.54. The third-order valence-electron chi connectivity index (χ3n) is 4.40. The van der Waals surface area contributed by atoms with Gasteiger partial charge in [0.25, 0.3) is 0 Å². The zero-order chi connectivity index (χ0) is 12.3. The van der Waals surface area contributed by atoms with Crippen LogP contribution in [0.3, 0.4) is 0 Å². The summed E-state index contributed by atoms with van der Waals surface area (Å²) in [6.07, 6.45) is 2.09. The van der Waals surface area contributed by atoms with E-state index < -0.39 is 14.6 Å². The van der Waals surface area contributed by atoms with Gasteiger partial charge in [0.2, 0.25) is 0 Å². The summed E-state index contributed by atoms with van der Waals surface area (Å²) in [6.45, 7) is 2.03. The Labute approximate surface area is 101 Å². The van der Waals surface area contributed by atoms with Crippen LogP contribution in [0.1, 0.15) is 24.8 Å². The van der Waals surface area contributed by atoms with Crippen molar-refractivity contribution < 1.29 is 13.5 Å². The summed E-state index contributed by atoms with van der Waals surface area (Å²) in [4.78, 5) is 0.431. The van der Waals surface area contributed by atoms with E-state index in [0.29, 0.717) is 11.3 Å². The van der Waals surface area contributed by atoms with Crippen LogP contribution >= 0.6 is 0 Å². The van der Waals surface area contributed by atoms with Crippen molar-refractivity contribution in [3.05, 3.63) is 29.8 Å². The van der Waals surface area contributed by atoms with E-state index in [2.05, 4.69) is 0 Å². The van der Waals surface area contributed by atoms with Crippen LogP contribution in [0.4, 0.5) is 0 Å². The van der Waals surface area contributed by atoms with Gasteiger partial charge in [-0.25, -0.2) is 8.42 Å². The number of fused-ring (bicyclic) bond motifs is 1. The predicted octanol–water partition coefficient (Wildman–Crippen LogP) is 1.68. The van der Waals surface area contributed by atoms with Crippen LogP contribution in [0.2, 0.25) is 0 Å². The topological polar surface area (TPSA) is 54.4 Å². The molecule has 92 valence electrons. The Morgan fingerprint density at radius 3 is 2.35 bits per heavy atom. The predicted molar refractivity (Wildman–Crippen MR) is 64.5 cm³/mol. The largest absolute Gasteiger partial charge is 0.396 e. The molecule has 1 N–H and O–H groups in total. The molecule has 0 spiro atoms. The smallest absolute Gasteiger partial charge is 0.184 e. The molecule has 0 bridgehead atoms. The zero-order valence-electron chi connectivity index (χ0n) is 9.81. The van der Waals surface area contributed by atoms with Gasteiger partial charge in [0.1, 0.15) is 0 Å². The summed E-state index contributed by atoms with van der Waals surface area (Å²) in [5, 5.41) is 8.96. The highest BCUT2D eigenvalue weighted by Crippen LogP contribution is 2.84. The summed E-state index contributed by atoms with van der Waals surface area (Å²) in [5.74, 6) is 0. The minimum Gasteiger partial charge on any atom is -0.396 e. The molecule has 0 heterocycles. The molecular weight excluding hydrogens is 236 g/mol. The van der Waals surface area contributed by atoms with E-state index in [4.69, 9.17) is 5.11 Å². The molecule has 0 saturated heterocycles. The average molecular weight is 252 g/mol. The lowest BCUT2D eigenvalue weighted by Crippen LogP contribution is -2.14. The van der Waals surface area contributed by atoms with Gasteiger partial charge in [-0.05, 0) is 43.7 Å². The van der Waals surface area contributed by atoms with Gasteiger partial charge in [-0.3, -0.25) is 0 Å². The van der Waals surface area contributed by atoms with Gasteiger partial charge in [0.05, 0.1) is 9.64 Å². The van der Waals surface area contributed by atoms with Gasteiger partial charge in [-0.15, -0.1) is 0 Å². The van der Waals surface area contributed by atoms with Gasteiger partial charge in [0, 0.05) is 6.61 Å². The lowest BCUT2D eigenvalue weighted by atomic mass is 10.1. The van der Waals surface area contributed by atoms with E-state index in [1.54, 1.807) is 12.1 Å².